The number of carbonyl (C=O) groups is 2. The SMILES string of the molecule is CCOc1cc(/C=C2\SC(=O)N(Cc3ccc(F)cc3)C2=O)ccc1OCc1ccccc1Cl. The normalized spacial score (nSPS) is 14.7. The summed E-state index contributed by atoms with van der Waals surface area (Å²) in [4.78, 5) is 26.7. The molecule has 1 heterocycles. The molecule has 8 heteroatoms. The van der Waals surface area contributed by atoms with Crippen LogP contribution in [-0.4, -0.2) is 22.7 Å². The lowest BCUT2D eigenvalue weighted by molar-refractivity contribution is -0.123. The second kappa shape index (κ2) is 10.8. The third-order valence-electron chi connectivity index (χ3n) is 5.03. The van der Waals surface area contributed by atoms with Crippen LogP contribution >= 0.6 is 23.4 Å². The Morgan fingerprint density at radius 2 is 1.76 bits per heavy atom. The highest BCUT2D eigenvalue weighted by molar-refractivity contribution is 8.18. The van der Waals surface area contributed by atoms with Gasteiger partial charge in [-0.1, -0.05) is 48.0 Å². The molecule has 0 spiro atoms. The molecule has 4 rings (SSSR count). The lowest BCUT2D eigenvalue weighted by Crippen LogP contribution is -2.27. The van der Waals surface area contributed by atoms with Gasteiger partial charge in [0.05, 0.1) is 18.1 Å². The monoisotopic (exact) mass is 497 g/mol. The maximum atomic E-state index is 13.1. The van der Waals surface area contributed by atoms with Crippen molar-refractivity contribution < 1.29 is 23.5 Å². The van der Waals surface area contributed by atoms with Gasteiger partial charge in [-0.15, -0.1) is 0 Å². The summed E-state index contributed by atoms with van der Waals surface area (Å²) in [5, 5.41) is 0.249. The number of hydrogen-bond acceptors (Lipinski definition) is 5. The molecule has 34 heavy (non-hydrogen) atoms. The lowest BCUT2D eigenvalue weighted by atomic mass is 10.1. The van der Waals surface area contributed by atoms with Gasteiger partial charge >= 0.3 is 0 Å². The van der Waals surface area contributed by atoms with Gasteiger partial charge in [0.15, 0.2) is 11.5 Å². The number of thioether (sulfide) groups is 1. The summed E-state index contributed by atoms with van der Waals surface area (Å²) >= 11 is 7.07. The Hall–Kier alpha value is -3.29. The average Bonchev–Trinajstić information content (AvgIpc) is 3.08. The van der Waals surface area contributed by atoms with E-state index in [-0.39, 0.29) is 24.2 Å². The molecule has 1 aliphatic rings. The number of imide groups is 1. The molecule has 1 fully saturated rings. The molecular formula is C26H21ClFNO4S. The molecule has 0 bridgehead atoms. The minimum absolute atomic E-state index is 0.0846. The first kappa shape index (κ1) is 23.9. The van der Waals surface area contributed by atoms with Crippen molar-refractivity contribution in [2.45, 2.75) is 20.1 Å². The number of ether oxygens (including phenoxy) is 2. The highest BCUT2D eigenvalue weighted by Crippen LogP contribution is 2.35. The Bertz CT molecular complexity index is 1250. The Labute approximate surface area is 206 Å². The summed E-state index contributed by atoms with van der Waals surface area (Å²) < 4.78 is 24.8. The van der Waals surface area contributed by atoms with E-state index in [4.69, 9.17) is 21.1 Å². The van der Waals surface area contributed by atoms with Crippen LogP contribution in [-0.2, 0) is 17.9 Å². The Morgan fingerprint density at radius 3 is 2.50 bits per heavy atom. The molecule has 174 valence electrons. The molecule has 0 aromatic heterocycles. The van der Waals surface area contributed by atoms with E-state index in [1.165, 1.54) is 12.1 Å². The summed E-state index contributed by atoms with van der Waals surface area (Å²) in [6.07, 6.45) is 1.65. The van der Waals surface area contributed by atoms with Gasteiger partial charge in [0.1, 0.15) is 12.4 Å². The highest BCUT2D eigenvalue weighted by Gasteiger charge is 2.35. The average molecular weight is 498 g/mol. The van der Waals surface area contributed by atoms with E-state index in [1.54, 1.807) is 42.5 Å². The van der Waals surface area contributed by atoms with Gasteiger partial charge in [0.25, 0.3) is 11.1 Å². The summed E-state index contributed by atoms with van der Waals surface area (Å²) in [5.74, 6) is 0.302. The molecule has 0 unspecified atom stereocenters. The summed E-state index contributed by atoms with van der Waals surface area (Å²) in [6, 6.07) is 18.5. The standard InChI is InChI=1S/C26H21ClFNO4S/c1-2-32-23-13-18(9-12-22(23)33-16-19-5-3-4-6-21(19)27)14-24-25(30)29(26(31)34-24)15-17-7-10-20(28)11-8-17/h3-14H,2,15-16H2,1H3/b24-14-. The molecule has 3 aromatic rings. The van der Waals surface area contributed by atoms with Crippen LogP contribution in [0.2, 0.25) is 5.02 Å². The van der Waals surface area contributed by atoms with Crippen LogP contribution in [0.15, 0.2) is 71.6 Å². The molecule has 0 saturated carbocycles. The summed E-state index contributed by atoms with van der Waals surface area (Å²) in [6.45, 7) is 2.66. The van der Waals surface area contributed by atoms with Crippen molar-refractivity contribution in [3.8, 4) is 11.5 Å². The summed E-state index contributed by atoms with van der Waals surface area (Å²) in [5.41, 5.74) is 2.22. The molecule has 0 atom stereocenters. The Kier molecular flexibility index (Phi) is 7.55. The smallest absolute Gasteiger partial charge is 0.293 e. The molecule has 5 nitrogen and oxygen atoms in total. The van der Waals surface area contributed by atoms with Gasteiger partial charge in [-0.05, 0) is 66.2 Å². The Morgan fingerprint density at radius 1 is 1.00 bits per heavy atom. The van der Waals surface area contributed by atoms with Gasteiger partial charge in [-0.2, -0.15) is 0 Å². The molecule has 0 N–H and O–H groups in total. The fourth-order valence-electron chi connectivity index (χ4n) is 3.33. The number of nitrogens with zero attached hydrogens (tertiary/aromatic N) is 1. The van der Waals surface area contributed by atoms with Crippen LogP contribution in [0.25, 0.3) is 6.08 Å². The fourth-order valence-corrected chi connectivity index (χ4v) is 4.36. The van der Waals surface area contributed by atoms with Crippen molar-refractivity contribution in [1.82, 2.24) is 4.90 Å². The van der Waals surface area contributed by atoms with Crippen LogP contribution in [0, 0.1) is 5.82 Å². The first-order valence-electron chi connectivity index (χ1n) is 10.6. The second-order valence-electron chi connectivity index (χ2n) is 7.41. The molecule has 0 aliphatic carbocycles. The van der Waals surface area contributed by atoms with Crippen molar-refractivity contribution in [2.24, 2.45) is 0 Å². The minimum atomic E-state index is -0.392. The van der Waals surface area contributed by atoms with E-state index in [1.807, 2.05) is 25.1 Å². The quantitative estimate of drug-likeness (QED) is 0.324. The van der Waals surface area contributed by atoms with Crippen molar-refractivity contribution in [2.75, 3.05) is 6.61 Å². The molecule has 0 radical (unpaired) electrons. The largest absolute Gasteiger partial charge is 0.490 e. The lowest BCUT2D eigenvalue weighted by Gasteiger charge is -2.13. The van der Waals surface area contributed by atoms with Gasteiger partial charge in [-0.25, -0.2) is 4.39 Å². The van der Waals surface area contributed by atoms with Crippen LogP contribution in [0.3, 0.4) is 0 Å². The summed E-state index contributed by atoms with van der Waals surface area (Å²) in [7, 11) is 0. The van der Waals surface area contributed by atoms with Crippen LogP contribution < -0.4 is 9.47 Å². The number of carbonyl (C=O) groups excluding carboxylic acids is 2. The zero-order valence-corrected chi connectivity index (χ0v) is 19.9. The second-order valence-corrected chi connectivity index (χ2v) is 8.81. The third-order valence-corrected chi connectivity index (χ3v) is 6.31. The van der Waals surface area contributed by atoms with Crippen LogP contribution in [0.5, 0.6) is 11.5 Å². The topological polar surface area (TPSA) is 55.8 Å². The van der Waals surface area contributed by atoms with Gasteiger partial charge in [0.2, 0.25) is 0 Å². The zero-order valence-electron chi connectivity index (χ0n) is 18.3. The number of benzene rings is 3. The van der Waals surface area contributed by atoms with E-state index in [2.05, 4.69) is 0 Å². The molecule has 2 amide bonds. The van der Waals surface area contributed by atoms with Crippen LogP contribution in [0.1, 0.15) is 23.6 Å². The first-order chi connectivity index (χ1) is 16.4. The number of rotatable bonds is 8. The van der Waals surface area contributed by atoms with Crippen molar-refractivity contribution in [3.05, 3.63) is 99.2 Å². The van der Waals surface area contributed by atoms with Crippen molar-refractivity contribution >= 4 is 40.6 Å². The van der Waals surface area contributed by atoms with E-state index in [0.717, 1.165) is 22.2 Å². The number of amides is 2. The molecule has 1 saturated heterocycles. The number of halogens is 2. The maximum absolute atomic E-state index is 13.1. The Balaban J connectivity index is 1.51. The first-order valence-corrected chi connectivity index (χ1v) is 11.8. The fraction of sp³-hybridized carbons (Fsp3) is 0.154. The van der Waals surface area contributed by atoms with E-state index in [9.17, 15) is 14.0 Å². The van der Waals surface area contributed by atoms with Gasteiger partial charge in [0, 0.05) is 10.6 Å². The predicted octanol–water partition coefficient (Wildman–Crippen LogP) is 6.69. The van der Waals surface area contributed by atoms with E-state index < -0.39 is 5.91 Å². The molecule has 1 aliphatic heterocycles. The van der Waals surface area contributed by atoms with Gasteiger partial charge in [-0.3, -0.25) is 14.5 Å². The highest BCUT2D eigenvalue weighted by atomic mass is 35.5. The van der Waals surface area contributed by atoms with Gasteiger partial charge < -0.3 is 9.47 Å². The molecule has 3 aromatic carbocycles. The maximum Gasteiger partial charge on any atom is 0.293 e. The predicted molar refractivity (Wildman–Crippen MR) is 131 cm³/mol. The van der Waals surface area contributed by atoms with Crippen molar-refractivity contribution in [1.29, 1.82) is 0 Å². The van der Waals surface area contributed by atoms with E-state index in [0.29, 0.717) is 39.2 Å². The molecular weight excluding hydrogens is 477 g/mol. The van der Waals surface area contributed by atoms with Crippen LogP contribution in [0.4, 0.5) is 9.18 Å². The van der Waals surface area contributed by atoms with E-state index >= 15 is 0 Å². The minimum Gasteiger partial charge on any atom is -0.490 e. The third kappa shape index (κ3) is 5.61. The zero-order chi connectivity index (χ0) is 24.1. The number of hydrogen-bond donors (Lipinski definition) is 0. The van der Waals surface area contributed by atoms with Crippen molar-refractivity contribution in [3.63, 3.8) is 0 Å².